The second-order valence-corrected chi connectivity index (χ2v) is 3.98. The number of rotatable bonds is 6. The van der Waals surface area contributed by atoms with Crippen LogP contribution in [0.15, 0.2) is 30.3 Å². The number of nitriles is 2. The molecule has 0 spiro atoms. The fourth-order valence-electron chi connectivity index (χ4n) is 1.44. The number of hydrogen-bond donors (Lipinski definition) is 1. The highest BCUT2D eigenvalue weighted by atomic mass is 16.5. The number of benzene rings is 1. The summed E-state index contributed by atoms with van der Waals surface area (Å²) >= 11 is 0. The molecular weight excluding hydrogens is 272 g/mol. The van der Waals surface area contributed by atoms with E-state index in [0.29, 0.717) is 0 Å². The van der Waals surface area contributed by atoms with Crippen LogP contribution in [0.3, 0.4) is 0 Å². The van der Waals surface area contributed by atoms with Crippen LogP contribution in [0.5, 0.6) is 0 Å². The highest BCUT2D eigenvalue weighted by Gasteiger charge is 2.14. The molecule has 0 saturated heterocycles. The van der Waals surface area contributed by atoms with E-state index in [1.54, 1.807) is 24.3 Å². The maximum absolute atomic E-state index is 11.7. The van der Waals surface area contributed by atoms with E-state index in [0.717, 1.165) is 10.5 Å². The molecule has 0 heterocycles. The van der Waals surface area contributed by atoms with Crippen molar-refractivity contribution in [1.29, 1.82) is 10.5 Å². The highest BCUT2D eigenvalue weighted by molar-refractivity contribution is 5.82. The topological polar surface area (TPSA) is 106 Å². The van der Waals surface area contributed by atoms with E-state index >= 15 is 0 Å². The number of hydrogen-bond acceptors (Lipinski definition) is 5. The van der Waals surface area contributed by atoms with Crippen LogP contribution in [0.4, 0.5) is 4.79 Å². The molecular formula is C14H14N4O3. The molecule has 0 atom stereocenters. The quantitative estimate of drug-likeness (QED) is 0.778. The Kier molecular flexibility index (Phi) is 6.81. The Bertz CT molecular complexity index is 544. The molecule has 0 aliphatic heterocycles. The van der Waals surface area contributed by atoms with Crippen molar-refractivity contribution in [2.75, 3.05) is 19.6 Å². The summed E-state index contributed by atoms with van der Waals surface area (Å²) in [7, 11) is 0. The maximum Gasteiger partial charge on any atom is 0.407 e. The first-order valence-electron chi connectivity index (χ1n) is 6.13. The molecule has 1 N–H and O–H groups in total. The molecule has 108 valence electrons. The molecule has 0 bridgehead atoms. The van der Waals surface area contributed by atoms with Crippen LogP contribution in [0.2, 0.25) is 0 Å². The van der Waals surface area contributed by atoms with Crippen molar-refractivity contribution in [2.24, 2.45) is 0 Å². The van der Waals surface area contributed by atoms with Gasteiger partial charge in [-0.3, -0.25) is 4.79 Å². The number of ether oxygens (including phenoxy) is 1. The SMILES string of the molecule is N#CCN(CC#N)C(=O)CNC(=O)OCc1ccccc1. The Balaban J connectivity index is 2.33. The molecule has 1 aromatic rings. The van der Waals surface area contributed by atoms with Gasteiger partial charge >= 0.3 is 6.09 Å². The van der Waals surface area contributed by atoms with E-state index in [9.17, 15) is 9.59 Å². The third kappa shape index (κ3) is 6.08. The molecule has 0 aliphatic rings. The molecule has 0 fully saturated rings. The van der Waals surface area contributed by atoms with Gasteiger partial charge < -0.3 is 15.0 Å². The number of nitrogens with one attached hydrogen (secondary N) is 1. The van der Waals surface area contributed by atoms with Crippen molar-refractivity contribution in [3.8, 4) is 12.1 Å². The minimum Gasteiger partial charge on any atom is -0.445 e. The lowest BCUT2D eigenvalue weighted by molar-refractivity contribution is -0.129. The number of carbonyl (C=O) groups excluding carboxylic acids is 2. The lowest BCUT2D eigenvalue weighted by Gasteiger charge is -2.15. The van der Waals surface area contributed by atoms with Gasteiger partial charge in [0.2, 0.25) is 5.91 Å². The zero-order valence-electron chi connectivity index (χ0n) is 11.3. The van der Waals surface area contributed by atoms with Crippen LogP contribution in [0.25, 0.3) is 0 Å². The Morgan fingerprint density at radius 1 is 1.14 bits per heavy atom. The Labute approximate surface area is 122 Å². The van der Waals surface area contributed by atoms with Crippen LogP contribution < -0.4 is 5.32 Å². The first kappa shape index (κ1) is 16.0. The number of nitrogens with zero attached hydrogens (tertiary/aromatic N) is 3. The molecule has 0 aromatic heterocycles. The van der Waals surface area contributed by atoms with Crippen LogP contribution in [0, 0.1) is 22.7 Å². The number of alkyl carbamates (subject to hydrolysis) is 1. The van der Waals surface area contributed by atoms with Crippen molar-refractivity contribution in [2.45, 2.75) is 6.61 Å². The van der Waals surface area contributed by atoms with Crippen LogP contribution in [0.1, 0.15) is 5.56 Å². The molecule has 0 saturated carbocycles. The monoisotopic (exact) mass is 286 g/mol. The molecule has 0 aliphatic carbocycles. The Morgan fingerprint density at radius 3 is 2.33 bits per heavy atom. The average Bonchev–Trinajstić information content (AvgIpc) is 2.51. The van der Waals surface area contributed by atoms with Gasteiger partial charge in [-0.25, -0.2) is 4.79 Å². The number of carbonyl (C=O) groups is 2. The molecule has 0 unspecified atom stereocenters. The van der Waals surface area contributed by atoms with Gasteiger partial charge in [0.1, 0.15) is 26.2 Å². The van der Waals surface area contributed by atoms with Gasteiger partial charge in [0.05, 0.1) is 12.1 Å². The Hall–Kier alpha value is -3.06. The van der Waals surface area contributed by atoms with Crippen molar-refractivity contribution in [1.82, 2.24) is 10.2 Å². The standard InChI is InChI=1S/C14H14N4O3/c15-6-8-18(9-7-16)13(19)10-17-14(20)21-11-12-4-2-1-3-5-12/h1-5H,8-11H2,(H,17,20). The maximum atomic E-state index is 11.7. The normalized spacial score (nSPS) is 9.05. The van der Waals surface area contributed by atoms with Gasteiger partial charge in [0, 0.05) is 0 Å². The van der Waals surface area contributed by atoms with Gasteiger partial charge in [-0.15, -0.1) is 0 Å². The lowest BCUT2D eigenvalue weighted by atomic mass is 10.2. The molecule has 2 amide bonds. The zero-order valence-corrected chi connectivity index (χ0v) is 11.3. The van der Waals surface area contributed by atoms with E-state index < -0.39 is 12.0 Å². The Morgan fingerprint density at radius 2 is 1.76 bits per heavy atom. The summed E-state index contributed by atoms with van der Waals surface area (Å²) in [6, 6.07) is 12.7. The summed E-state index contributed by atoms with van der Waals surface area (Å²) in [5.41, 5.74) is 0.828. The zero-order chi connectivity index (χ0) is 15.5. The fourth-order valence-corrected chi connectivity index (χ4v) is 1.44. The van der Waals surface area contributed by atoms with E-state index in [1.165, 1.54) is 0 Å². The largest absolute Gasteiger partial charge is 0.445 e. The minimum atomic E-state index is -0.735. The highest BCUT2D eigenvalue weighted by Crippen LogP contribution is 2.00. The van der Waals surface area contributed by atoms with Gasteiger partial charge in [0.25, 0.3) is 0 Å². The first-order chi connectivity index (χ1) is 10.2. The van der Waals surface area contributed by atoms with E-state index in [1.807, 2.05) is 18.2 Å². The van der Waals surface area contributed by atoms with Gasteiger partial charge in [-0.2, -0.15) is 10.5 Å². The van der Waals surface area contributed by atoms with Crippen molar-refractivity contribution >= 4 is 12.0 Å². The third-order valence-electron chi connectivity index (χ3n) is 2.47. The van der Waals surface area contributed by atoms with Crippen LogP contribution in [-0.2, 0) is 16.1 Å². The van der Waals surface area contributed by atoms with E-state index in [-0.39, 0.29) is 26.2 Å². The molecule has 7 nitrogen and oxygen atoms in total. The second-order valence-electron chi connectivity index (χ2n) is 3.98. The van der Waals surface area contributed by atoms with Gasteiger partial charge in [-0.05, 0) is 5.56 Å². The first-order valence-corrected chi connectivity index (χ1v) is 6.13. The third-order valence-corrected chi connectivity index (χ3v) is 2.47. The molecule has 0 radical (unpaired) electrons. The summed E-state index contributed by atoms with van der Waals surface area (Å²) < 4.78 is 4.93. The summed E-state index contributed by atoms with van der Waals surface area (Å²) in [5.74, 6) is -0.519. The van der Waals surface area contributed by atoms with Crippen LogP contribution in [-0.4, -0.2) is 36.5 Å². The lowest BCUT2D eigenvalue weighted by Crippen LogP contribution is -2.40. The summed E-state index contributed by atoms with van der Waals surface area (Å²) in [6.07, 6.45) is -0.735. The molecule has 21 heavy (non-hydrogen) atoms. The molecule has 1 aromatic carbocycles. The van der Waals surface area contributed by atoms with Crippen molar-refractivity contribution < 1.29 is 14.3 Å². The van der Waals surface area contributed by atoms with Gasteiger partial charge in [-0.1, -0.05) is 30.3 Å². The second kappa shape index (κ2) is 8.94. The number of amides is 2. The van der Waals surface area contributed by atoms with Crippen molar-refractivity contribution in [3.63, 3.8) is 0 Å². The predicted molar refractivity (Wildman–Crippen MR) is 72.4 cm³/mol. The van der Waals surface area contributed by atoms with E-state index in [4.69, 9.17) is 15.3 Å². The smallest absolute Gasteiger partial charge is 0.407 e. The predicted octanol–water partition coefficient (Wildman–Crippen LogP) is 0.789. The van der Waals surface area contributed by atoms with E-state index in [2.05, 4.69) is 5.32 Å². The van der Waals surface area contributed by atoms with Crippen LogP contribution >= 0.6 is 0 Å². The fraction of sp³-hybridized carbons (Fsp3) is 0.286. The van der Waals surface area contributed by atoms with Crippen molar-refractivity contribution in [3.05, 3.63) is 35.9 Å². The minimum absolute atomic E-state index is 0.0982. The average molecular weight is 286 g/mol. The summed E-state index contributed by atoms with van der Waals surface area (Å²) in [5, 5.41) is 19.3. The summed E-state index contributed by atoms with van der Waals surface area (Å²) in [6.45, 7) is -0.627. The molecule has 7 heteroatoms. The van der Waals surface area contributed by atoms with Gasteiger partial charge in [0.15, 0.2) is 0 Å². The molecule has 1 rings (SSSR count). The summed E-state index contributed by atoms with van der Waals surface area (Å²) in [4.78, 5) is 24.1.